The van der Waals surface area contributed by atoms with Crippen molar-refractivity contribution in [3.8, 4) is 0 Å². The van der Waals surface area contributed by atoms with Gasteiger partial charge in [-0.1, -0.05) is 69.8 Å². The Morgan fingerprint density at radius 2 is 1.08 bits per heavy atom. The van der Waals surface area contributed by atoms with E-state index < -0.39 is 0 Å². The molecule has 4 aliphatic rings. The van der Waals surface area contributed by atoms with Gasteiger partial charge >= 0.3 is 17.9 Å². The summed E-state index contributed by atoms with van der Waals surface area (Å²) in [4.78, 5) is 39.6. The van der Waals surface area contributed by atoms with Gasteiger partial charge in [0.15, 0.2) is 0 Å². The van der Waals surface area contributed by atoms with E-state index in [0.29, 0.717) is 24.7 Å². The molecule has 0 heterocycles. The fourth-order valence-corrected chi connectivity index (χ4v) is 8.99. The van der Waals surface area contributed by atoms with Crippen LogP contribution in [0.25, 0.3) is 0 Å². The van der Waals surface area contributed by atoms with Crippen LogP contribution in [0.3, 0.4) is 0 Å². The number of nitrogens with zero attached hydrogens (tertiary/aromatic N) is 1. The molecule has 4 aliphatic carbocycles. The first-order valence-corrected chi connectivity index (χ1v) is 20.7. The minimum Gasteiger partial charge on any atom is -0.465 e. The summed E-state index contributed by atoms with van der Waals surface area (Å²) >= 11 is 0. The van der Waals surface area contributed by atoms with Gasteiger partial charge in [-0.05, 0) is 140 Å². The third-order valence-corrected chi connectivity index (χ3v) is 11.3. The number of carbonyl (C=O) groups excluding carboxylic acids is 3. The van der Waals surface area contributed by atoms with Gasteiger partial charge in [0.2, 0.25) is 0 Å². The second kappa shape index (κ2) is 24.9. The highest BCUT2D eigenvalue weighted by Crippen LogP contribution is 2.61. The van der Waals surface area contributed by atoms with E-state index in [2.05, 4.69) is 31.2 Å². The first kappa shape index (κ1) is 42.3. The van der Waals surface area contributed by atoms with Gasteiger partial charge in [-0.15, -0.1) is 0 Å². The van der Waals surface area contributed by atoms with Crippen molar-refractivity contribution in [2.75, 3.05) is 40.5 Å². The molecule has 0 aliphatic heterocycles. The molecule has 4 saturated carbocycles. The van der Waals surface area contributed by atoms with Crippen LogP contribution in [0.1, 0.15) is 161 Å². The maximum atomic E-state index is 12.7. The minimum atomic E-state index is -0.361. The lowest BCUT2D eigenvalue weighted by Crippen LogP contribution is -2.45. The monoisotopic (exact) mass is 700 g/mol. The summed E-state index contributed by atoms with van der Waals surface area (Å²) in [7, 11) is 3.95. The summed E-state index contributed by atoms with van der Waals surface area (Å²) in [5.41, 5.74) is 0.467. The second-order valence-corrected chi connectivity index (χ2v) is 16.4. The highest BCUT2D eigenvalue weighted by molar-refractivity contribution is 5.70. The molecule has 4 bridgehead atoms. The van der Waals surface area contributed by atoms with Gasteiger partial charge in [0.05, 0.1) is 5.92 Å². The summed E-state index contributed by atoms with van der Waals surface area (Å²) in [5, 5.41) is 0. The molecule has 0 aromatic carbocycles. The number of allylic oxidation sites excluding steroid dienone is 4. The van der Waals surface area contributed by atoms with Gasteiger partial charge in [-0.2, -0.15) is 0 Å². The van der Waals surface area contributed by atoms with Crippen molar-refractivity contribution in [2.45, 2.75) is 161 Å². The number of hydrogen-bond acceptors (Lipinski definition) is 7. The lowest BCUT2D eigenvalue weighted by molar-refractivity contribution is -0.153. The summed E-state index contributed by atoms with van der Waals surface area (Å²) in [5.74, 6) is 1.68. The zero-order chi connectivity index (χ0) is 35.9. The highest BCUT2D eigenvalue weighted by atomic mass is 16.6. The van der Waals surface area contributed by atoms with Crippen molar-refractivity contribution >= 4 is 17.9 Å². The standard InChI is InChI=1S/C43H73NO6/c1-4-5-6-7-8-9-10-11-12-13-14-15-16-17-18-19-22-40(45)48-33-39(35-50-42(47)24-21-26-44(2)3)34-49-41(46)23-20-25-43-30-36-27-37(31-43)29-38(28-36)32-43/h8-9,11-12,36-39H,4-7,10,13-35H2,1-3H3/b9-8-,12-11-. The van der Waals surface area contributed by atoms with E-state index in [0.717, 1.165) is 75.7 Å². The van der Waals surface area contributed by atoms with Crippen molar-refractivity contribution in [3.05, 3.63) is 24.3 Å². The fourth-order valence-electron chi connectivity index (χ4n) is 8.99. The molecule has 286 valence electrons. The highest BCUT2D eigenvalue weighted by Gasteiger charge is 2.50. The molecule has 0 N–H and O–H groups in total. The molecule has 1 unspecified atom stereocenters. The van der Waals surface area contributed by atoms with Crippen molar-refractivity contribution in [1.29, 1.82) is 0 Å². The van der Waals surface area contributed by atoms with E-state index in [-0.39, 0.29) is 43.6 Å². The van der Waals surface area contributed by atoms with Crippen molar-refractivity contribution < 1.29 is 28.6 Å². The Kier molecular flexibility index (Phi) is 21.1. The molecule has 0 spiro atoms. The van der Waals surface area contributed by atoms with Crippen LogP contribution in [-0.4, -0.2) is 63.3 Å². The van der Waals surface area contributed by atoms with Crippen LogP contribution in [-0.2, 0) is 28.6 Å². The minimum absolute atomic E-state index is 0.0829. The topological polar surface area (TPSA) is 82.1 Å². The molecular formula is C43H73NO6. The zero-order valence-electron chi connectivity index (χ0n) is 32.3. The molecule has 0 amide bonds. The van der Waals surface area contributed by atoms with E-state index >= 15 is 0 Å². The molecule has 0 saturated heterocycles. The van der Waals surface area contributed by atoms with Gasteiger partial charge in [0.1, 0.15) is 19.8 Å². The van der Waals surface area contributed by atoms with E-state index in [1.165, 1.54) is 83.5 Å². The Morgan fingerprint density at radius 1 is 0.620 bits per heavy atom. The Bertz CT molecular complexity index is 984. The number of ether oxygens (including phenoxy) is 3. The zero-order valence-corrected chi connectivity index (χ0v) is 32.3. The number of unbranched alkanes of at least 4 members (excludes halogenated alkanes) is 9. The SMILES string of the molecule is CCCCC/C=C\C/C=C\CCCCCCCCC(=O)OCC(COC(=O)CCCN(C)C)COC(=O)CCCC12CC3CC(CC(C3)C1)C2. The smallest absolute Gasteiger partial charge is 0.305 e. The Labute approximate surface area is 305 Å². The Hall–Kier alpha value is -2.15. The quantitative estimate of drug-likeness (QED) is 0.0333. The summed E-state index contributed by atoms with van der Waals surface area (Å²) < 4.78 is 16.8. The lowest BCUT2D eigenvalue weighted by atomic mass is 9.48. The number of hydrogen-bond donors (Lipinski definition) is 0. The lowest BCUT2D eigenvalue weighted by Gasteiger charge is -2.57. The van der Waals surface area contributed by atoms with Crippen LogP contribution in [0.4, 0.5) is 0 Å². The molecule has 7 nitrogen and oxygen atoms in total. The third-order valence-electron chi connectivity index (χ3n) is 11.3. The van der Waals surface area contributed by atoms with Crippen molar-refractivity contribution in [3.63, 3.8) is 0 Å². The van der Waals surface area contributed by atoms with Gasteiger partial charge in [-0.3, -0.25) is 14.4 Å². The maximum absolute atomic E-state index is 12.7. The molecule has 50 heavy (non-hydrogen) atoms. The predicted octanol–water partition coefficient (Wildman–Crippen LogP) is 10.2. The van der Waals surface area contributed by atoms with Crippen LogP contribution < -0.4 is 0 Å². The average molecular weight is 700 g/mol. The summed E-state index contributed by atoms with van der Waals surface area (Å²) in [6.07, 6.45) is 35.3. The molecule has 4 fully saturated rings. The fraction of sp³-hybridized carbons (Fsp3) is 0.837. The molecule has 0 aromatic heterocycles. The second-order valence-electron chi connectivity index (χ2n) is 16.4. The average Bonchev–Trinajstić information content (AvgIpc) is 3.07. The van der Waals surface area contributed by atoms with Crippen LogP contribution in [0.2, 0.25) is 0 Å². The van der Waals surface area contributed by atoms with Crippen LogP contribution in [0.15, 0.2) is 24.3 Å². The van der Waals surface area contributed by atoms with E-state index in [9.17, 15) is 14.4 Å². The molecule has 7 heteroatoms. The summed E-state index contributed by atoms with van der Waals surface area (Å²) in [6, 6.07) is 0. The van der Waals surface area contributed by atoms with E-state index in [1.807, 2.05) is 19.0 Å². The molecule has 0 aromatic rings. The van der Waals surface area contributed by atoms with Gasteiger partial charge < -0.3 is 19.1 Å². The molecule has 0 radical (unpaired) electrons. The normalized spacial score (nSPS) is 23.2. The van der Waals surface area contributed by atoms with Gasteiger partial charge in [-0.25, -0.2) is 0 Å². The predicted molar refractivity (Wildman–Crippen MR) is 203 cm³/mol. The van der Waals surface area contributed by atoms with Crippen LogP contribution in [0, 0.1) is 29.1 Å². The Morgan fingerprint density at radius 3 is 1.60 bits per heavy atom. The maximum Gasteiger partial charge on any atom is 0.305 e. The molecule has 1 atom stereocenters. The van der Waals surface area contributed by atoms with Crippen molar-refractivity contribution in [1.82, 2.24) is 4.90 Å². The van der Waals surface area contributed by atoms with E-state index in [1.54, 1.807) is 0 Å². The number of esters is 3. The van der Waals surface area contributed by atoms with Crippen LogP contribution in [0.5, 0.6) is 0 Å². The Balaban J connectivity index is 1.26. The van der Waals surface area contributed by atoms with Gasteiger partial charge in [0.25, 0.3) is 0 Å². The number of rotatable bonds is 29. The first-order valence-electron chi connectivity index (χ1n) is 20.7. The van der Waals surface area contributed by atoms with E-state index in [4.69, 9.17) is 14.2 Å². The molecular weight excluding hydrogens is 626 g/mol. The largest absolute Gasteiger partial charge is 0.465 e. The summed E-state index contributed by atoms with van der Waals surface area (Å²) in [6.45, 7) is 3.32. The number of carbonyl (C=O) groups is 3. The van der Waals surface area contributed by atoms with Crippen LogP contribution >= 0.6 is 0 Å². The molecule has 4 rings (SSSR count). The third kappa shape index (κ3) is 18.4. The van der Waals surface area contributed by atoms with Gasteiger partial charge in [0, 0.05) is 19.3 Å². The first-order chi connectivity index (χ1) is 24.3. The van der Waals surface area contributed by atoms with Crippen molar-refractivity contribution in [2.24, 2.45) is 29.1 Å².